The van der Waals surface area contributed by atoms with E-state index in [0.717, 1.165) is 18.0 Å². The largest absolute Gasteiger partial charge is 0.357 e. The summed E-state index contributed by atoms with van der Waals surface area (Å²) in [5.74, 6) is 0. The van der Waals surface area contributed by atoms with E-state index in [1.165, 1.54) is 36.4 Å². The highest BCUT2D eigenvalue weighted by molar-refractivity contribution is 9.11. The lowest BCUT2D eigenvalue weighted by Crippen LogP contribution is -2.29. The number of benzene rings is 1. The third-order valence-electron chi connectivity index (χ3n) is 4.07. The van der Waals surface area contributed by atoms with Crippen molar-refractivity contribution in [2.75, 3.05) is 6.54 Å². The number of thiophene rings is 1. The van der Waals surface area contributed by atoms with Crippen molar-refractivity contribution < 1.29 is 0 Å². The first-order valence-electron chi connectivity index (χ1n) is 6.92. The van der Waals surface area contributed by atoms with Gasteiger partial charge in [0.2, 0.25) is 0 Å². The van der Waals surface area contributed by atoms with Gasteiger partial charge in [-0.05, 0) is 64.7 Å². The van der Waals surface area contributed by atoms with Gasteiger partial charge in [-0.1, -0.05) is 11.6 Å². The first-order valence-corrected chi connectivity index (χ1v) is 8.91. The van der Waals surface area contributed by atoms with Crippen LogP contribution in [-0.2, 0) is 6.42 Å². The second-order valence-electron chi connectivity index (χ2n) is 5.45. The number of rotatable bonds is 1. The quantitative estimate of drug-likeness (QED) is 0.528. The molecular formula is C16H15BrCl2N2S. The number of aryl methyl sites for hydroxylation is 1. The van der Waals surface area contributed by atoms with E-state index in [-0.39, 0.29) is 18.4 Å². The van der Waals surface area contributed by atoms with Crippen LogP contribution in [0.1, 0.15) is 27.7 Å². The van der Waals surface area contributed by atoms with Crippen molar-refractivity contribution >= 4 is 62.2 Å². The molecule has 1 aliphatic rings. The van der Waals surface area contributed by atoms with Gasteiger partial charge < -0.3 is 10.3 Å². The summed E-state index contributed by atoms with van der Waals surface area (Å²) in [7, 11) is 0. The van der Waals surface area contributed by atoms with Crippen LogP contribution in [0, 0.1) is 6.92 Å². The predicted molar refractivity (Wildman–Crippen MR) is 101 cm³/mol. The van der Waals surface area contributed by atoms with Gasteiger partial charge in [0.25, 0.3) is 0 Å². The fraction of sp³-hybridized carbons (Fsp3) is 0.250. The Morgan fingerprint density at radius 1 is 1.32 bits per heavy atom. The molecular weight excluding hydrogens is 403 g/mol. The standard InChI is InChI=1S/C16H14BrClN2S.ClH/c1-8-6-13(21-16(8)17)15-14-10(4-5-19-15)11-7-9(18)2-3-12(11)20-14;/h2-3,6-7,15,19-20H,4-5H2,1H3;1H. The van der Waals surface area contributed by atoms with E-state index >= 15 is 0 Å². The van der Waals surface area contributed by atoms with E-state index in [9.17, 15) is 0 Å². The number of fused-ring (bicyclic) bond motifs is 3. The van der Waals surface area contributed by atoms with E-state index in [1.807, 2.05) is 6.07 Å². The van der Waals surface area contributed by atoms with Crippen molar-refractivity contribution in [2.24, 2.45) is 0 Å². The summed E-state index contributed by atoms with van der Waals surface area (Å²) in [5, 5.41) is 5.69. The summed E-state index contributed by atoms with van der Waals surface area (Å²) in [5.41, 5.74) is 5.15. The molecule has 0 radical (unpaired) electrons. The lowest BCUT2D eigenvalue weighted by Gasteiger charge is -2.23. The molecule has 22 heavy (non-hydrogen) atoms. The summed E-state index contributed by atoms with van der Waals surface area (Å²) < 4.78 is 1.21. The topological polar surface area (TPSA) is 27.8 Å². The number of halogens is 3. The van der Waals surface area contributed by atoms with Gasteiger partial charge >= 0.3 is 0 Å². The average Bonchev–Trinajstić information content (AvgIpc) is 2.99. The molecule has 1 atom stereocenters. The Kier molecular flexibility index (Phi) is 4.59. The fourth-order valence-corrected chi connectivity index (χ4v) is 4.90. The van der Waals surface area contributed by atoms with Crippen LogP contribution in [0.4, 0.5) is 0 Å². The molecule has 3 heterocycles. The Morgan fingerprint density at radius 3 is 2.86 bits per heavy atom. The lowest BCUT2D eigenvalue weighted by molar-refractivity contribution is 0.567. The summed E-state index contributed by atoms with van der Waals surface area (Å²) in [4.78, 5) is 4.94. The minimum atomic E-state index is 0. The Labute approximate surface area is 152 Å². The summed E-state index contributed by atoms with van der Waals surface area (Å²) in [6, 6.07) is 8.60. The summed E-state index contributed by atoms with van der Waals surface area (Å²) >= 11 is 11.6. The first-order chi connectivity index (χ1) is 10.1. The van der Waals surface area contributed by atoms with Gasteiger partial charge in [0.1, 0.15) is 0 Å². The molecule has 4 rings (SSSR count). The van der Waals surface area contributed by atoms with Crippen LogP contribution in [0.3, 0.4) is 0 Å². The van der Waals surface area contributed by atoms with Crippen LogP contribution in [-0.4, -0.2) is 11.5 Å². The van der Waals surface area contributed by atoms with Gasteiger partial charge in [0.05, 0.1) is 9.83 Å². The normalized spacial score (nSPS) is 17.3. The van der Waals surface area contributed by atoms with Gasteiger partial charge in [0.15, 0.2) is 0 Å². The second-order valence-corrected chi connectivity index (χ2v) is 8.29. The van der Waals surface area contributed by atoms with Crippen LogP contribution in [0.2, 0.25) is 5.02 Å². The van der Waals surface area contributed by atoms with Gasteiger partial charge in [0, 0.05) is 33.0 Å². The molecule has 6 heteroatoms. The van der Waals surface area contributed by atoms with Crippen LogP contribution in [0.25, 0.3) is 10.9 Å². The molecule has 2 nitrogen and oxygen atoms in total. The molecule has 0 bridgehead atoms. The van der Waals surface area contributed by atoms with Crippen molar-refractivity contribution in [1.29, 1.82) is 0 Å². The van der Waals surface area contributed by atoms with Gasteiger partial charge in [-0.15, -0.1) is 23.7 Å². The van der Waals surface area contributed by atoms with E-state index in [0.29, 0.717) is 0 Å². The molecule has 0 saturated carbocycles. The maximum absolute atomic E-state index is 6.16. The van der Waals surface area contributed by atoms with Crippen molar-refractivity contribution in [3.8, 4) is 0 Å². The first kappa shape index (κ1) is 16.3. The SMILES string of the molecule is Cc1cc(C2NCCc3c2[nH]c2ccc(Cl)cc32)sc1Br.Cl. The average molecular weight is 418 g/mol. The zero-order valence-corrected chi connectivity index (χ0v) is 15.8. The Bertz CT molecular complexity index is 821. The monoisotopic (exact) mass is 416 g/mol. The molecule has 2 N–H and O–H groups in total. The van der Waals surface area contributed by atoms with Crippen LogP contribution in [0.5, 0.6) is 0 Å². The van der Waals surface area contributed by atoms with Crippen LogP contribution >= 0.6 is 51.3 Å². The van der Waals surface area contributed by atoms with Crippen LogP contribution in [0.15, 0.2) is 28.1 Å². The molecule has 0 aliphatic carbocycles. The third kappa shape index (κ3) is 2.61. The third-order valence-corrected chi connectivity index (χ3v) is 6.51. The second kappa shape index (κ2) is 6.17. The Balaban J connectivity index is 0.00000144. The maximum Gasteiger partial charge on any atom is 0.0826 e. The number of aromatic amines is 1. The predicted octanol–water partition coefficient (Wildman–Crippen LogP) is 5.61. The Morgan fingerprint density at radius 2 is 2.14 bits per heavy atom. The van der Waals surface area contributed by atoms with Gasteiger partial charge in [-0.25, -0.2) is 0 Å². The van der Waals surface area contributed by atoms with Crippen LogP contribution < -0.4 is 5.32 Å². The number of H-pyrrole nitrogens is 1. The highest BCUT2D eigenvalue weighted by Crippen LogP contribution is 2.39. The fourth-order valence-electron chi connectivity index (χ4n) is 3.07. The smallest absolute Gasteiger partial charge is 0.0826 e. The Hall–Kier alpha value is -0.520. The zero-order valence-electron chi connectivity index (χ0n) is 11.9. The molecule has 1 aliphatic heterocycles. The van der Waals surface area contributed by atoms with Crippen molar-refractivity contribution in [3.63, 3.8) is 0 Å². The van der Waals surface area contributed by atoms with E-state index in [1.54, 1.807) is 11.3 Å². The molecule has 116 valence electrons. The molecule has 0 spiro atoms. The summed E-state index contributed by atoms with van der Waals surface area (Å²) in [6.07, 6.45) is 1.04. The van der Waals surface area contributed by atoms with E-state index < -0.39 is 0 Å². The highest BCUT2D eigenvalue weighted by atomic mass is 79.9. The van der Waals surface area contributed by atoms with Crippen molar-refractivity contribution in [3.05, 3.63) is 54.8 Å². The number of nitrogens with one attached hydrogen (secondary N) is 2. The molecule has 0 fully saturated rings. The van der Waals surface area contributed by atoms with Gasteiger partial charge in [-0.2, -0.15) is 0 Å². The zero-order chi connectivity index (χ0) is 14.6. The van der Waals surface area contributed by atoms with E-state index in [4.69, 9.17) is 11.6 Å². The summed E-state index contributed by atoms with van der Waals surface area (Å²) in [6.45, 7) is 3.13. The number of hydrogen-bond donors (Lipinski definition) is 2. The minimum Gasteiger partial charge on any atom is -0.357 e. The number of aromatic nitrogens is 1. The lowest BCUT2D eigenvalue weighted by atomic mass is 9.98. The molecule has 1 aromatic carbocycles. The van der Waals surface area contributed by atoms with E-state index in [2.05, 4.69) is 51.4 Å². The highest BCUT2D eigenvalue weighted by Gasteiger charge is 2.26. The molecule has 1 unspecified atom stereocenters. The number of hydrogen-bond acceptors (Lipinski definition) is 2. The molecule has 0 amide bonds. The van der Waals surface area contributed by atoms with Crippen molar-refractivity contribution in [2.45, 2.75) is 19.4 Å². The van der Waals surface area contributed by atoms with Crippen molar-refractivity contribution in [1.82, 2.24) is 10.3 Å². The molecule has 0 saturated heterocycles. The maximum atomic E-state index is 6.16. The molecule has 2 aromatic heterocycles. The minimum absolute atomic E-state index is 0. The molecule has 3 aromatic rings. The van der Waals surface area contributed by atoms with Gasteiger partial charge in [-0.3, -0.25) is 0 Å².